The molecule has 0 N–H and O–H groups in total. The number of hydrogen-bond acceptors (Lipinski definition) is 0. The van der Waals surface area contributed by atoms with Gasteiger partial charge in [-0.25, -0.2) is 0 Å². The Hall–Kier alpha value is 2.06. The molecule has 0 aromatic carbocycles. The van der Waals surface area contributed by atoms with Gasteiger partial charge in [0.15, 0.2) is 4.33 Å². The molecule has 3 rings (SSSR count). The van der Waals surface area contributed by atoms with Crippen LogP contribution >= 0.6 is 92.8 Å². The normalized spacial score (nSPS) is 57.3. The Labute approximate surface area is 145 Å². The van der Waals surface area contributed by atoms with Gasteiger partial charge in [-0.3, -0.25) is 0 Å². The van der Waals surface area contributed by atoms with Crippen LogP contribution in [0.4, 0.5) is 0 Å². The van der Waals surface area contributed by atoms with Crippen LogP contribution in [-0.2, 0) is 0 Å². The van der Waals surface area contributed by atoms with Gasteiger partial charge in [-0.2, -0.15) is 0 Å². The Bertz CT molecular complexity index is 459. The van der Waals surface area contributed by atoms with E-state index in [0.29, 0.717) is 6.42 Å². The lowest BCUT2D eigenvalue weighted by molar-refractivity contribution is 0.385. The van der Waals surface area contributed by atoms with Crippen molar-refractivity contribution < 1.29 is 0 Å². The molecule has 0 heterocycles. The molecule has 2 fully saturated rings. The summed E-state index contributed by atoms with van der Waals surface area (Å²) in [4.78, 5) is -2.50. The van der Waals surface area contributed by atoms with Crippen molar-refractivity contribution in [2.24, 2.45) is 11.8 Å². The fourth-order valence-corrected chi connectivity index (χ4v) is 7.46. The lowest BCUT2D eigenvalue weighted by Crippen LogP contribution is -2.47. The van der Waals surface area contributed by atoms with Gasteiger partial charge in [0, 0.05) is 5.92 Å². The van der Waals surface area contributed by atoms with Crippen LogP contribution in [0.3, 0.4) is 0 Å². The van der Waals surface area contributed by atoms with Crippen LogP contribution in [0.15, 0.2) is 10.1 Å². The summed E-state index contributed by atoms with van der Waals surface area (Å²) >= 11 is 51.0. The first kappa shape index (κ1) is 15.0. The van der Waals surface area contributed by atoms with Gasteiger partial charge in [0.2, 0.25) is 0 Å². The molecule has 0 radical (unpaired) electrons. The van der Waals surface area contributed by atoms with Crippen molar-refractivity contribution in [2.45, 2.75) is 31.3 Å². The molecule has 3 aliphatic rings. The van der Waals surface area contributed by atoms with Crippen LogP contribution in [0.1, 0.15) is 6.42 Å². The van der Waals surface area contributed by atoms with Crippen molar-refractivity contribution in [3.05, 3.63) is 10.1 Å². The highest BCUT2D eigenvalue weighted by molar-refractivity contribution is 6.66. The predicted molar refractivity (Wildman–Crippen MR) is 81.2 cm³/mol. The van der Waals surface area contributed by atoms with Crippen LogP contribution in [-0.4, -0.2) is 24.8 Å². The first-order valence-corrected chi connectivity index (χ1v) is 8.35. The van der Waals surface area contributed by atoms with E-state index in [9.17, 15) is 0 Å². The zero-order valence-electron chi connectivity index (χ0n) is 8.54. The minimum atomic E-state index is -1.50. The van der Waals surface area contributed by atoms with Gasteiger partial charge >= 0.3 is 0 Å². The molecule has 3 aliphatic carbocycles. The van der Waals surface area contributed by atoms with Crippen molar-refractivity contribution in [1.82, 2.24) is 0 Å². The molecule has 2 bridgehead atoms. The van der Waals surface area contributed by atoms with E-state index in [1.165, 1.54) is 0 Å². The number of hydrogen-bond donors (Lipinski definition) is 0. The number of rotatable bonds is 0. The van der Waals surface area contributed by atoms with Gasteiger partial charge in [-0.05, 0) is 12.3 Å². The number of alkyl halides is 6. The van der Waals surface area contributed by atoms with Gasteiger partial charge in [0.05, 0.1) is 20.8 Å². The molecule has 0 aromatic heterocycles. The van der Waals surface area contributed by atoms with E-state index in [1.807, 2.05) is 0 Å². The van der Waals surface area contributed by atoms with Gasteiger partial charge in [0.1, 0.15) is 9.75 Å². The van der Waals surface area contributed by atoms with Crippen molar-refractivity contribution in [3.63, 3.8) is 0 Å². The summed E-state index contributed by atoms with van der Waals surface area (Å²) in [6.07, 6.45) is 0.555. The van der Waals surface area contributed by atoms with Crippen LogP contribution in [0.5, 0.6) is 0 Å². The molecule has 0 amide bonds. The van der Waals surface area contributed by atoms with Crippen molar-refractivity contribution in [3.8, 4) is 0 Å². The molecule has 0 nitrogen and oxygen atoms in total. The second kappa shape index (κ2) is 4.07. The summed E-state index contributed by atoms with van der Waals surface area (Å²) in [7, 11) is 0. The molecule has 0 aliphatic heterocycles. The fourth-order valence-electron chi connectivity index (χ4n) is 3.48. The fraction of sp³-hybridized carbons (Fsp3) is 0.800. The second-order valence-electron chi connectivity index (χ2n) is 4.95. The third-order valence-corrected chi connectivity index (χ3v) is 9.79. The maximum Gasteiger partial charge on any atom is 0.166 e. The number of allylic oxidation sites excluding steroid dienone is 2. The maximum absolute atomic E-state index is 6.62. The van der Waals surface area contributed by atoms with Gasteiger partial charge in [0.25, 0.3) is 0 Å². The Morgan fingerprint density at radius 3 is 1.94 bits per heavy atom. The molecular weight excluding hydrogens is 404 g/mol. The summed E-state index contributed by atoms with van der Waals surface area (Å²) in [5, 5.41) is -0.259. The van der Waals surface area contributed by atoms with Gasteiger partial charge in [-0.1, -0.05) is 46.4 Å². The number of halogens is 8. The van der Waals surface area contributed by atoms with Crippen LogP contribution < -0.4 is 0 Å². The van der Waals surface area contributed by atoms with E-state index in [-0.39, 0.29) is 27.3 Å². The largest absolute Gasteiger partial charge is 0.166 e. The van der Waals surface area contributed by atoms with Crippen LogP contribution in [0.2, 0.25) is 0 Å². The first-order chi connectivity index (χ1) is 8.11. The highest BCUT2D eigenvalue weighted by atomic mass is 35.5. The number of fused-ring (bicyclic) bond motifs is 5. The molecule has 102 valence electrons. The molecule has 0 saturated heterocycles. The van der Waals surface area contributed by atoms with E-state index in [2.05, 4.69) is 0 Å². The lowest BCUT2D eigenvalue weighted by atomic mass is 9.84. The van der Waals surface area contributed by atoms with E-state index >= 15 is 0 Å². The van der Waals surface area contributed by atoms with E-state index in [4.69, 9.17) is 92.8 Å². The summed E-state index contributed by atoms with van der Waals surface area (Å²) in [5.41, 5.74) is 0. The summed E-state index contributed by atoms with van der Waals surface area (Å²) < 4.78 is -1.50. The molecular formula is C10H6Cl8. The summed E-state index contributed by atoms with van der Waals surface area (Å²) in [6.45, 7) is 0. The predicted octanol–water partition coefficient (Wildman–Crippen LogP) is 5.68. The molecule has 8 heteroatoms. The zero-order chi connectivity index (χ0) is 13.7. The van der Waals surface area contributed by atoms with Crippen molar-refractivity contribution in [1.29, 1.82) is 0 Å². The Morgan fingerprint density at radius 1 is 0.889 bits per heavy atom. The van der Waals surface area contributed by atoms with Crippen molar-refractivity contribution in [2.75, 3.05) is 0 Å². The SMILES string of the molecule is ClC1=C(Cl)[C@]2(Cl)[C@@H]3[C@@H](Cl)[C@@H](Cl)C[C@@H]3[C@@]1(Cl)C2(Cl)Cl. The minimum absolute atomic E-state index is 0.184. The average molecular weight is 410 g/mol. The summed E-state index contributed by atoms with van der Waals surface area (Å²) in [6, 6.07) is 0. The van der Waals surface area contributed by atoms with Gasteiger partial charge < -0.3 is 0 Å². The Morgan fingerprint density at radius 2 is 1.39 bits per heavy atom. The Balaban J connectivity index is 2.26. The molecule has 0 unspecified atom stereocenters. The van der Waals surface area contributed by atoms with E-state index in [1.54, 1.807) is 0 Å². The smallest absolute Gasteiger partial charge is 0.121 e. The second-order valence-corrected chi connectivity index (χ2v) is 9.29. The first-order valence-electron chi connectivity index (χ1n) is 5.21. The minimum Gasteiger partial charge on any atom is -0.121 e. The summed E-state index contributed by atoms with van der Waals surface area (Å²) in [5.74, 6) is -0.488. The zero-order valence-corrected chi connectivity index (χ0v) is 14.6. The van der Waals surface area contributed by atoms with Crippen LogP contribution in [0, 0.1) is 11.8 Å². The van der Waals surface area contributed by atoms with E-state index in [0.717, 1.165) is 0 Å². The Kier molecular flexibility index (Phi) is 3.39. The topological polar surface area (TPSA) is 0 Å². The molecule has 2 saturated carbocycles. The lowest BCUT2D eigenvalue weighted by Gasteiger charge is -2.35. The molecule has 0 spiro atoms. The quantitative estimate of drug-likeness (QED) is 0.451. The highest BCUT2D eigenvalue weighted by Crippen LogP contribution is 2.79. The molecule has 0 aromatic rings. The van der Waals surface area contributed by atoms with E-state index < -0.39 is 19.5 Å². The van der Waals surface area contributed by atoms with Gasteiger partial charge in [-0.15, -0.1) is 46.4 Å². The molecule has 6 atom stereocenters. The highest BCUT2D eigenvalue weighted by Gasteiger charge is 2.84. The third kappa shape index (κ3) is 1.28. The van der Waals surface area contributed by atoms with Crippen LogP contribution in [0.25, 0.3) is 0 Å². The maximum atomic E-state index is 6.62. The standard InChI is InChI=1S/C10H6Cl8/c11-3-1-2-4(5(3)12)9(16)7(14)6(13)8(2,15)10(9,17)18/h2-5H,1H2/t2-,3-,4-,5-,8-,9+/m0/s1. The average Bonchev–Trinajstić information content (AvgIpc) is 2.69. The monoisotopic (exact) mass is 406 g/mol. The van der Waals surface area contributed by atoms with Crippen molar-refractivity contribution >= 4 is 92.8 Å². The third-order valence-electron chi connectivity index (χ3n) is 4.32. The molecule has 18 heavy (non-hydrogen) atoms.